The molecule has 0 atom stereocenters. The van der Waals surface area contributed by atoms with Crippen molar-refractivity contribution in [2.75, 3.05) is 0 Å². The first kappa shape index (κ1) is 83.7. The van der Waals surface area contributed by atoms with Crippen molar-refractivity contribution in [3.05, 3.63) is 214 Å². The summed E-state index contributed by atoms with van der Waals surface area (Å²) >= 11 is 0. The summed E-state index contributed by atoms with van der Waals surface area (Å²) in [5, 5.41) is 0. The van der Waals surface area contributed by atoms with Crippen LogP contribution in [0.5, 0.6) is 23.0 Å². The molecule has 6 nitrogen and oxygen atoms in total. The molecular formula is C84H118O6P2Rh2. The van der Waals surface area contributed by atoms with Gasteiger partial charge in [0, 0.05) is 83.5 Å². The van der Waals surface area contributed by atoms with Gasteiger partial charge in [0.1, 0.15) is 0 Å². The van der Waals surface area contributed by atoms with Crippen LogP contribution in [0.15, 0.2) is 170 Å². The molecule has 0 aromatic heterocycles. The van der Waals surface area contributed by atoms with E-state index in [1.807, 2.05) is 72.8 Å². The first-order valence-electron chi connectivity index (χ1n) is 33.8. The Balaban J connectivity index is 0.000000341. The van der Waals surface area contributed by atoms with Gasteiger partial charge in [-0.1, -0.05) is 312 Å². The van der Waals surface area contributed by atoms with Gasteiger partial charge < -0.3 is 27.9 Å². The van der Waals surface area contributed by atoms with Gasteiger partial charge in [-0.25, -0.2) is 0 Å². The largest absolute Gasteiger partial charge is 0.618 e. The van der Waals surface area contributed by atoms with Crippen molar-refractivity contribution in [1.82, 2.24) is 0 Å². The van der Waals surface area contributed by atoms with Crippen molar-refractivity contribution in [3.63, 3.8) is 0 Å². The van der Waals surface area contributed by atoms with E-state index in [-0.39, 0.29) is 82.3 Å². The van der Waals surface area contributed by atoms with Gasteiger partial charge in [-0.2, -0.15) is 0 Å². The van der Waals surface area contributed by atoms with E-state index in [0.29, 0.717) is 23.0 Å². The molecule has 518 valence electrons. The number of benzene rings is 6. The van der Waals surface area contributed by atoms with Crippen molar-refractivity contribution >= 4 is 17.2 Å². The molecule has 2 aliphatic carbocycles. The normalized spacial score (nSPS) is 16.3. The zero-order valence-corrected chi connectivity index (χ0v) is 67.2. The fraction of sp³-hybridized carbons (Fsp3) is 0.476. The first-order chi connectivity index (χ1) is 42.6. The van der Waals surface area contributed by atoms with Gasteiger partial charge in [0.2, 0.25) is 0 Å². The summed E-state index contributed by atoms with van der Waals surface area (Å²) in [6, 6.07) is 41.7. The van der Waals surface area contributed by atoms with Crippen molar-refractivity contribution in [2.45, 2.75) is 261 Å². The van der Waals surface area contributed by atoms with Gasteiger partial charge >= 0.3 is 17.2 Å². The molecule has 0 saturated carbocycles. The molecule has 2 heterocycles. The topological polar surface area (TPSA) is 83.0 Å². The second kappa shape index (κ2) is 35.8. The van der Waals surface area contributed by atoms with Gasteiger partial charge in [0.25, 0.3) is 0 Å². The molecule has 6 aromatic carbocycles. The maximum Gasteiger partial charge on any atom is 0.319 e. The van der Waals surface area contributed by atoms with Crippen LogP contribution in [0.3, 0.4) is 0 Å². The predicted molar refractivity (Wildman–Crippen MR) is 399 cm³/mol. The van der Waals surface area contributed by atoms with Crippen LogP contribution >= 0.6 is 17.2 Å². The van der Waals surface area contributed by atoms with Gasteiger partial charge in [0.05, 0.1) is 0 Å². The van der Waals surface area contributed by atoms with E-state index >= 15 is 0 Å². The Kier molecular flexibility index (Phi) is 31.9. The third kappa shape index (κ3) is 25.7. The van der Waals surface area contributed by atoms with Crippen LogP contribution in [-0.2, 0) is 82.3 Å². The van der Waals surface area contributed by atoms with E-state index in [4.69, 9.17) is 18.1 Å². The first-order valence-corrected chi connectivity index (χ1v) is 36.2. The Labute approximate surface area is 600 Å². The molecule has 0 bridgehead atoms. The Morgan fingerprint density at radius 3 is 0.489 bits per heavy atom. The minimum absolute atomic E-state index is 0. The van der Waals surface area contributed by atoms with Gasteiger partial charge in [-0.05, 0) is 141 Å². The van der Waals surface area contributed by atoms with Gasteiger partial charge in [-0.3, -0.25) is 0 Å². The standard InChI is InChI=1S/2C28H41O3P.2C8H12.2C6H6.2Rh/c2*1-25(2,3)17-13-19-20-14-18(26(4,5)6)16-22(28(10,11)12)24(20)31-32(29)30-23(19)21(15-17)27(7,8)9;2*1-2-4-6-8-7-5-3-1;2*1-2-4-6-5-3-1;;/h2*13-16,32H,1-12H3;2*1-2,7-8H,3-6H2;2*1-6H;;/b;;2*2-1-,8-7-;;;;. The maximum atomic E-state index is 13.1. The predicted octanol–water partition coefficient (Wildman–Crippen LogP) is 24.0. The van der Waals surface area contributed by atoms with Crippen LogP contribution in [-0.4, -0.2) is 0 Å². The number of allylic oxidation sites excluding steroid dienone is 8. The minimum Gasteiger partial charge on any atom is -0.618 e. The van der Waals surface area contributed by atoms with Crippen LogP contribution in [0.4, 0.5) is 0 Å². The molecular weight excluding hydrogens is 1370 g/mol. The number of fused-ring (bicyclic) bond motifs is 6. The summed E-state index contributed by atoms with van der Waals surface area (Å²) in [6.45, 7) is 52.8. The van der Waals surface area contributed by atoms with Crippen LogP contribution in [0.1, 0.15) is 262 Å². The molecule has 0 fully saturated rings. The van der Waals surface area contributed by atoms with Crippen molar-refractivity contribution < 1.29 is 66.8 Å². The van der Waals surface area contributed by atoms with E-state index in [1.54, 1.807) is 0 Å². The van der Waals surface area contributed by atoms with Crippen molar-refractivity contribution in [3.8, 4) is 45.3 Å². The van der Waals surface area contributed by atoms with E-state index in [2.05, 4.69) is 263 Å². The van der Waals surface area contributed by atoms with E-state index in [9.17, 15) is 9.79 Å². The van der Waals surface area contributed by atoms with E-state index in [1.165, 1.54) is 73.6 Å². The number of hydrogen-bond acceptors (Lipinski definition) is 6. The monoisotopic (exact) mass is 1490 g/mol. The average Bonchev–Trinajstić information content (AvgIpc) is 1.39. The second-order valence-electron chi connectivity index (χ2n) is 33.0. The molecule has 4 aliphatic rings. The zero-order valence-electron chi connectivity index (χ0n) is 61.9. The number of rotatable bonds is 0. The second-order valence-corrected chi connectivity index (χ2v) is 34.8. The SMILES string of the molecule is C1=C\CC/C=C\CC/1.C1=C\CC/C=C\CC/1.CC(C)(C)c1cc2c(c(C(C)(C)C)c1)O[PH+]([O-])Oc1c-2cc(C(C)(C)C)cc1C(C)(C)C.CC(C)(C)c1cc2c(c(C(C)(C)C)c1)O[PH+]([O-])Oc1c-2cc(C(C)(C)C)cc1C(C)(C)C.[Rh].[Rh].c1ccccc1.c1ccccc1. The molecule has 2 aliphatic heterocycles. The summed E-state index contributed by atoms with van der Waals surface area (Å²) in [6.07, 6.45) is 28.0. The Morgan fingerprint density at radius 2 is 0.372 bits per heavy atom. The average molecular weight is 1490 g/mol. The molecule has 10 heteroatoms. The summed E-state index contributed by atoms with van der Waals surface area (Å²) in [5.41, 5.74) is 12.2. The third-order valence-electron chi connectivity index (χ3n) is 16.4. The molecule has 6 aromatic rings. The minimum atomic E-state index is -2.76. The Hall–Kier alpha value is -4.49. The van der Waals surface area contributed by atoms with Gasteiger partial charge in [-0.15, -0.1) is 0 Å². The summed E-state index contributed by atoms with van der Waals surface area (Å²) in [5.74, 6) is 2.77. The van der Waals surface area contributed by atoms with Crippen LogP contribution in [0.2, 0.25) is 0 Å². The Bertz CT molecular complexity index is 2920. The van der Waals surface area contributed by atoms with Crippen molar-refractivity contribution in [1.29, 1.82) is 0 Å². The molecule has 0 spiro atoms. The molecule has 0 N–H and O–H groups in total. The Morgan fingerprint density at radius 1 is 0.234 bits per heavy atom. The number of hydrogen-bond donors (Lipinski definition) is 0. The quantitative estimate of drug-likeness (QED) is 0.0856. The van der Waals surface area contributed by atoms with Crippen LogP contribution in [0, 0.1) is 0 Å². The van der Waals surface area contributed by atoms with Crippen LogP contribution in [0.25, 0.3) is 22.3 Å². The molecule has 0 saturated heterocycles. The molecule has 0 unspecified atom stereocenters. The molecule has 94 heavy (non-hydrogen) atoms. The summed E-state index contributed by atoms with van der Waals surface area (Å²) < 4.78 is 24.3. The molecule has 2 radical (unpaired) electrons. The summed E-state index contributed by atoms with van der Waals surface area (Å²) in [7, 11) is -5.52. The third-order valence-corrected chi connectivity index (χ3v) is 17.9. The van der Waals surface area contributed by atoms with E-state index < -0.39 is 17.2 Å². The molecule has 10 rings (SSSR count). The fourth-order valence-electron chi connectivity index (χ4n) is 10.6. The van der Waals surface area contributed by atoms with Crippen LogP contribution < -0.4 is 27.9 Å². The fourth-order valence-corrected chi connectivity index (χ4v) is 12.2. The summed E-state index contributed by atoms with van der Waals surface area (Å²) in [4.78, 5) is 26.1. The zero-order chi connectivity index (χ0) is 68.7. The molecule has 0 amide bonds. The van der Waals surface area contributed by atoms with Crippen molar-refractivity contribution in [2.24, 2.45) is 0 Å². The van der Waals surface area contributed by atoms with E-state index in [0.717, 1.165) is 44.5 Å². The maximum absolute atomic E-state index is 13.1. The smallest absolute Gasteiger partial charge is 0.319 e. The van der Waals surface area contributed by atoms with Gasteiger partial charge in [0.15, 0.2) is 23.0 Å².